The van der Waals surface area contributed by atoms with Gasteiger partial charge in [-0.3, -0.25) is 9.59 Å². The molecule has 1 saturated heterocycles. The van der Waals surface area contributed by atoms with E-state index < -0.39 is 0 Å². The van der Waals surface area contributed by atoms with E-state index in [0.29, 0.717) is 12.3 Å². The number of carbonyl (C=O) groups is 2. The largest absolute Gasteiger partial charge is 0.495 e. The number of nitrogens with one attached hydrogen (secondary N) is 1. The lowest BCUT2D eigenvalue weighted by molar-refractivity contribution is -0.126. The number of nitrogens with zero attached hydrogens (tertiary/aromatic N) is 1. The topological polar surface area (TPSA) is 58.6 Å². The zero-order valence-corrected chi connectivity index (χ0v) is 15.9. The maximum Gasteiger partial charge on any atom is 0.227 e. The number of rotatable bonds is 7. The summed E-state index contributed by atoms with van der Waals surface area (Å²) < 4.78 is 5.35. The number of ether oxygens (including phenoxy) is 1. The molecule has 1 aliphatic rings. The molecule has 1 aliphatic heterocycles. The van der Waals surface area contributed by atoms with Gasteiger partial charge in [-0.1, -0.05) is 42.5 Å². The molecule has 2 unspecified atom stereocenters. The average molecular weight is 366 g/mol. The number of para-hydroxylation sites is 2. The van der Waals surface area contributed by atoms with Gasteiger partial charge in [-0.05, 0) is 37.5 Å². The molecular weight excluding hydrogens is 340 g/mol. The van der Waals surface area contributed by atoms with E-state index in [1.807, 2.05) is 49.4 Å². The first-order chi connectivity index (χ1) is 13.1. The molecule has 1 heterocycles. The Morgan fingerprint density at radius 3 is 2.63 bits per heavy atom. The van der Waals surface area contributed by atoms with Crippen LogP contribution in [0.3, 0.4) is 0 Å². The fourth-order valence-electron chi connectivity index (χ4n) is 3.43. The molecule has 0 spiro atoms. The number of amides is 2. The molecule has 5 heteroatoms. The second-order valence-corrected chi connectivity index (χ2v) is 7.01. The van der Waals surface area contributed by atoms with Crippen LogP contribution in [-0.4, -0.2) is 31.5 Å². The molecule has 5 nitrogen and oxygen atoms in total. The van der Waals surface area contributed by atoms with Crippen LogP contribution in [-0.2, 0) is 16.0 Å². The normalized spacial score (nSPS) is 17.6. The minimum Gasteiger partial charge on any atom is -0.495 e. The van der Waals surface area contributed by atoms with Crippen molar-refractivity contribution in [3.63, 3.8) is 0 Å². The fraction of sp³-hybridized carbons (Fsp3) is 0.364. The number of carbonyl (C=O) groups excluding carboxylic acids is 2. The second kappa shape index (κ2) is 8.71. The summed E-state index contributed by atoms with van der Waals surface area (Å²) in [5, 5.41) is 3.06. The fourth-order valence-corrected chi connectivity index (χ4v) is 3.43. The van der Waals surface area contributed by atoms with E-state index in [-0.39, 0.29) is 30.2 Å². The maximum atomic E-state index is 12.6. The smallest absolute Gasteiger partial charge is 0.227 e. The van der Waals surface area contributed by atoms with Gasteiger partial charge >= 0.3 is 0 Å². The summed E-state index contributed by atoms with van der Waals surface area (Å²) in [6, 6.07) is 17.7. The van der Waals surface area contributed by atoms with Gasteiger partial charge in [0, 0.05) is 19.0 Å². The minimum absolute atomic E-state index is 0.0448. The Morgan fingerprint density at radius 2 is 1.89 bits per heavy atom. The zero-order valence-electron chi connectivity index (χ0n) is 15.9. The van der Waals surface area contributed by atoms with Crippen LogP contribution in [0.4, 0.5) is 5.69 Å². The van der Waals surface area contributed by atoms with E-state index in [1.165, 1.54) is 5.56 Å². The summed E-state index contributed by atoms with van der Waals surface area (Å²) >= 11 is 0. The Hall–Kier alpha value is -2.82. The van der Waals surface area contributed by atoms with Crippen molar-refractivity contribution in [2.24, 2.45) is 5.92 Å². The van der Waals surface area contributed by atoms with Crippen LogP contribution in [0, 0.1) is 5.92 Å². The number of anilines is 1. The molecule has 27 heavy (non-hydrogen) atoms. The monoisotopic (exact) mass is 366 g/mol. The average Bonchev–Trinajstić information content (AvgIpc) is 3.09. The Labute approximate surface area is 160 Å². The predicted molar refractivity (Wildman–Crippen MR) is 106 cm³/mol. The van der Waals surface area contributed by atoms with Crippen molar-refractivity contribution in [2.45, 2.75) is 32.2 Å². The Morgan fingerprint density at radius 1 is 1.19 bits per heavy atom. The molecule has 142 valence electrons. The highest BCUT2D eigenvalue weighted by Gasteiger charge is 2.36. The number of aryl methyl sites for hydroxylation is 1. The van der Waals surface area contributed by atoms with Crippen molar-refractivity contribution < 1.29 is 14.3 Å². The summed E-state index contributed by atoms with van der Waals surface area (Å²) in [6.07, 6.45) is 2.02. The molecule has 1 fully saturated rings. The first kappa shape index (κ1) is 19.0. The van der Waals surface area contributed by atoms with E-state index >= 15 is 0 Å². The van der Waals surface area contributed by atoms with Crippen LogP contribution in [0.5, 0.6) is 5.75 Å². The van der Waals surface area contributed by atoms with Crippen LogP contribution in [0.15, 0.2) is 54.6 Å². The molecule has 2 aromatic rings. The van der Waals surface area contributed by atoms with E-state index in [0.717, 1.165) is 18.5 Å². The van der Waals surface area contributed by atoms with E-state index in [9.17, 15) is 9.59 Å². The summed E-state index contributed by atoms with van der Waals surface area (Å²) in [5.41, 5.74) is 1.98. The van der Waals surface area contributed by atoms with Crippen molar-refractivity contribution >= 4 is 17.5 Å². The molecule has 0 radical (unpaired) electrons. The van der Waals surface area contributed by atoms with Gasteiger partial charge in [-0.15, -0.1) is 0 Å². The van der Waals surface area contributed by atoms with Gasteiger partial charge in [0.25, 0.3) is 0 Å². The van der Waals surface area contributed by atoms with Gasteiger partial charge in [-0.25, -0.2) is 0 Å². The lowest BCUT2D eigenvalue weighted by atomic mass is 10.0. The van der Waals surface area contributed by atoms with Crippen LogP contribution in [0.25, 0.3) is 0 Å². The van der Waals surface area contributed by atoms with Crippen LogP contribution in [0.2, 0.25) is 0 Å². The van der Waals surface area contributed by atoms with Gasteiger partial charge in [0.15, 0.2) is 0 Å². The van der Waals surface area contributed by atoms with Crippen LogP contribution in [0.1, 0.15) is 25.3 Å². The zero-order chi connectivity index (χ0) is 19.2. The molecule has 3 rings (SSSR count). The number of methoxy groups -OCH3 is 1. The summed E-state index contributed by atoms with van der Waals surface area (Å²) in [5.74, 6) is 0.211. The Balaban J connectivity index is 1.55. The van der Waals surface area contributed by atoms with E-state index in [4.69, 9.17) is 4.74 Å². The van der Waals surface area contributed by atoms with Gasteiger partial charge in [0.1, 0.15) is 5.75 Å². The lowest BCUT2D eigenvalue weighted by Gasteiger charge is -2.20. The SMILES string of the molecule is COc1ccccc1N1CC(C(=O)NC(C)CCc2ccccc2)CC1=O. The molecular formula is C22H26N2O3. The summed E-state index contributed by atoms with van der Waals surface area (Å²) in [7, 11) is 1.58. The Kier molecular flexibility index (Phi) is 6.12. The number of benzene rings is 2. The second-order valence-electron chi connectivity index (χ2n) is 7.01. The molecule has 2 aromatic carbocycles. The number of hydrogen-bond acceptors (Lipinski definition) is 3. The van der Waals surface area contributed by atoms with Gasteiger partial charge in [0.2, 0.25) is 11.8 Å². The van der Waals surface area contributed by atoms with Crippen molar-refractivity contribution in [1.29, 1.82) is 0 Å². The quantitative estimate of drug-likeness (QED) is 0.819. The maximum absolute atomic E-state index is 12.6. The summed E-state index contributed by atoms with van der Waals surface area (Å²) in [4.78, 5) is 26.7. The third kappa shape index (κ3) is 4.67. The van der Waals surface area contributed by atoms with Crippen molar-refractivity contribution in [3.8, 4) is 5.75 Å². The van der Waals surface area contributed by atoms with Gasteiger partial charge in [0.05, 0.1) is 18.7 Å². The predicted octanol–water partition coefficient (Wildman–Crippen LogP) is 3.19. The molecule has 0 aromatic heterocycles. The summed E-state index contributed by atoms with van der Waals surface area (Å²) in [6.45, 7) is 2.39. The van der Waals surface area contributed by atoms with Crippen LogP contribution < -0.4 is 15.0 Å². The van der Waals surface area contributed by atoms with E-state index in [1.54, 1.807) is 12.0 Å². The highest BCUT2D eigenvalue weighted by Crippen LogP contribution is 2.32. The highest BCUT2D eigenvalue weighted by molar-refractivity contribution is 6.01. The van der Waals surface area contributed by atoms with Gasteiger partial charge in [-0.2, -0.15) is 0 Å². The molecule has 2 atom stereocenters. The molecule has 2 amide bonds. The highest BCUT2D eigenvalue weighted by atomic mass is 16.5. The number of hydrogen-bond donors (Lipinski definition) is 1. The van der Waals surface area contributed by atoms with Crippen molar-refractivity contribution in [3.05, 3.63) is 60.2 Å². The van der Waals surface area contributed by atoms with Gasteiger partial charge < -0.3 is 15.0 Å². The Bertz CT molecular complexity index is 791. The standard InChI is InChI=1S/C22H26N2O3/c1-16(12-13-17-8-4-3-5-9-17)23-22(26)18-14-21(25)24(15-18)19-10-6-7-11-20(19)27-2/h3-11,16,18H,12-15H2,1-2H3,(H,23,26). The molecule has 1 N–H and O–H groups in total. The first-order valence-corrected chi connectivity index (χ1v) is 9.36. The lowest BCUT2D eigenvalue weighted by Crippen LogP contribution is -2.38. The van der Waals surface area contributed by atoms with Crippen molar-refractivity contribution in [1.82, 2.24) is 5.32 Å². The third-order valence-corrected chi connectivity index (χ3v) is 4.97. The van der Waals surface area contributed by atoms with Crippen LogP contribution >= 0.6 is 0 Å². The molecule has 0 aliphatic carbocycles. The molecule has 0 bridgehead atoms. The molecule has 0 saturated carbocycles. The van der Waals surface area contributed by atoms with E-state index in [2.05, 4.69) is 17.4 Å². The third-order valence-electron chi connectivity index (χ3n) is 4.97. The first-order valence-electron chi connectivity index (χ1n) is 9.36. The minimum atomic E-state index is -0.332. The van der Waals surface area contributed by atoms with Crippen molar-refractivity contribution in [2.75, 3.05) is 18.6 Å².